The van der Waals surface area contributed by atoms with Crippen LogP contribution in [-0.4, -0.2) is 90.5 Å². The van der Waals surface area contributed by atoms with Crippen LogP contribution in [0, 0.1) is 16.0 Å². The highest BCUT2D eigenvalue weighted by atomic mass is 16.9. The number of carbonyl (C=O) groups is 1. The molecule has 4 atom stereocenters. The van der Waals surface area contributed by atoms with Crippen molar-refractivity contribution >= 4 is 16.6 Å². The number of rotatable bonds is 27. The largest absolute Gasteiger partial charge is 0.496 e. The summed E-state index contributed by atoms with van der Waals surface area (Å²) in [6.07, 6.45) is 2.85. The van der Waals surface area contributed by atoms with Crippen LogP contribution >= 0.6 is 0 Å². The molecule has 4 aromatic carbocycles. The summed E-state index contributed by atoms with van der Waals surface area (Å²) in [4.78, 5) is 27.7. The van der Waals surface area contributed by atoms with Gasteiger partial charge in [-0.25, -0.2) is 0 Å². The van der Waals surface area contributed by atoms with Gasteiger partial charge in [-0.2, -0.15) is 0 Å². The molecule has 0 bridgehead atoms. The van der Waals surface area contributed by atoms with Gasteiger partial charge in [-0.3, -0.25) is 4.79 Å². The van der Waals surface area contributed by atoms with Crippen LogP contribution in [-0.2, 0) is 41.8 Å². The number of ketones is 1. The van der Waals surface area contributed by atoms with Crippen LogP contribution in [0.4, 0.5) is 0 Å². The second-order valence-corrected chi connectivity index (χ2v) is 14.5. The first-order valence-electron chi connectivity index (χ1n) is 20.1. The van der Waals surface area contributed by atoms with E-state index in [-0.39, 0.29) is 36.4 Å². The molecule has 0 saturated carbocycles. The molecule has 4 aromatic rings. The first-order valence-corrected chi connectivity index (χ1v) is 20.1. The molecule has 13 heteroatoms. The molecule has 5 rings (SSSR count). The van der Waals surface area contributed by atoms with Crippen LogP contribution in [0.25, 0.3) is 10.8 Å². The normalized spacial score (nSPS) is 17.1. The highest BCUT2D eigenvalue weighted by Crippen LogP contribution is 2.34. The van der Waals surface area contributed by atoms with E-state index < -0.39 is 5.09 Å². The molecule has 0 spiro atoms. The van der Waals surface area contributed by atoms with Crippen molar-refractivity contribution in [3.63, 3.8) is 0 Å². The molecule has 13 nitrogen and oxygen atoms in total. The molecule has 1 heterocycles. The summed E-state index contributed by atoms with van der Waals surface area (Å²) in [6, 6.07) is 28.3. The zero-order valence-corrected chi connectivity index (χ0v) is 33.9. The summed E-state index contributed by atoms with van der Waals surface area (Å²) in [5.74, 6) is 2.26. The van der Waals surface area contributed by atoms with E-state index in [1.54, 1.807) is 21.3 Å². The first-order chi connectivity index (χ1) is 28.4. The lowest BCUT2D eigenvalue weighted by atomic mass is 9.85. The number of carbonyl (C=O) groups excluding carboxylic acids is 1. The number of methoxy groups -OCH3 is 3. The molecular weight excluding hydrogens is 744 g/mol. The molecule has 1 aliphatic heterocycles. The fourth-order valence-electron chi connectivity index (χ4n) is 7.37. The zero-order chi connectivity index (χ0) is 41.0. The van der Waals surface area contributed by atoms with Crippen molar-refractivity contribution in [2.24, 2.45) is 5.92 Å². The number of piperidine rings is 1. The maximum absolute atomic E-state index is 12.9. The number of ether oxygens (including phenoxy) is 7. The van der Waals surface area contributed by atoms with Crippen molar-refractivity contribution in [3.8, 4) is 17.2 Å². The Morgan fingerprint density at radius 3 is 2.33 bits per heavy atom. The molecule has 0 amide bonds. The predicted octanol–water partition coefficient (Wildman–Crippen LogP) is 7.49. The average Bonchev–Trinajstić information content (AvgIpc) is 3.24. The van der Waals surface area contributed by atoms with Crippen LogP contribution in [0.15, 0.2) is 84.9 Å². The molecule has 1 saturated heterocycles. The molecule has 1 fully saturated rings. The average molecular weight is 803 g/mol. The van der Waals surface area contributed by atoms with Gasteiger partial charge in [0, 0.05) is 62.2 Å². The van der Waals surface area contributed by atoms with Crippen LogP contribution < -0.4 is 19.5 Å². The molecule has 0 aromatic heterocycles. The monoisotopic (exact) mass is 802 g/mol. The molecule has 0 aliphatic carbocycles. The van der Waals surface area contributed by atoms with Crippen LogP contribution in [0.5, 0.6) is 17.2 Å². The number of unbranched alkanes of at least 4 members (excludes halogenated alkanes) is 2. The quantitative estimate of drug-likeness (QED) is 0.0362. The van der Waals surface area contributed by atoms with E-state index in [2.05, 4.69) is 40.5 Å². The van der Waals surface area contributed by atoms with Crippen LogP contribution in [0.1, 0.15) is 61.1 Å². The smallest absolute Gasteiger partial charge is 0.294 e. The minimum absolute atomic E-state index is 0.0381. The number of nitrogens with one attached hydrogen (secondary N) is 1. The molecule has 314 valence electrons. The lowest BCUT2D eigenvalue weighted by molar-refractivity contribution is -0.757. The lowest BCUT2D eigenvalue weighted by Gasteiger charge is -2.39. The number of hydrogen-bond donors (Lipinski definition) is 1. The molecule has 0 radical (unpaired) electrons. The second-order valence-electron chi connectivity index (χ2n) is 14.5. The molecule has 1 N–H and O–H groups in total. The van der Waals surface area contributed by atoms with Crippen molar-refractivity contribution in [3.05, 3.63) is 112 Å². The van der Waals surface area contributed by atoms with Gasteiger partial charge in [-0.15, -0.1) is 10.1 Å². The number of fused-ring (bicyclic) bond motifs is 1. The summed E-state index contributed by atoms with van der Waals surface area (Å²) in [6.45, 7) is 3.94. The SMILES string of the molecule is COCC(COC1CNCC(OCc2cc(OC)c3ccccc3c2)C1c1ccc(OCCCOCc2ccccc2OC)cc1)CC(=O)CCCCCO[N+](=O)[O-]. The summed E-state index contributed by atoms with van der Waals surface area (Å²) in [7, 11) is 4.97. The third kappa shape index (κ3) is 13.9. The van der Waals surface area contributed by atoms with E-state index in [9.17, 15) is 14.9 Å². The van der Waals surface area contributed by atoms with Gasteiger partial charge in [0.2, 0.25) is 0 Å². The predicted molar refractivity (Wildman–Crippen MR) is 220 cm³/mol. The number of nitrogens with zero attached hydrogens (tertiary/aromatic N) is 1. The van der Waals surface area contributed by atoms with E-state index >= 15 is 0 Å². The minimum atomic E-state index is -0.793. The summed E-state index contributed by atoms with van der Waals surface area (Å²) in [5, 5.41) is 15.2. The fraction of sp³-hybridized carbons (Fsp3) is 0.489. The Balaban J connectivity index is 1.21. The summed E-state index contributed by atoms with van der Waals surface area (Å²) >= 11 is 0. The number of para-hydroxylation sites is 1. The van der Waals surface area contributed by atoms with E-state index in [4.69, 9.17) is 33.2 Å². The highest BCUT2D eigenvalue weighted by Gasteiger charge is 2.36. The Kier molecular flexibility index (Phi) is 18.5. The van der Waals surface area contributed by atoms with Crippen LogP contribution in [0.2, 0.25) is 0 Å². The molecular formula is C45H58N2O11. The highest BCUT2D eigenvalue weighted by molar-refractivity contribution is 5.89. The number of benzene rings is 4. The summed E-state index contributed by atoms with van der Waals surface area (Å²) in [5.41, 5.74) is 3.09. The Morgan fingerprint density at radius 2 is 1.55 bits per heavy atom. The van der Waals surface area contributed by atoms with Crippen molar-refractivity contribution in [1.29, 1.82) is 0 Å². The fourth-order valence-corrected chi connectivity index (χ4v) is 7.37. The van der Waals surface area contributed by atoms with Gasteiger partial charge >= 0.3 is 0 Å². The van der Waals surface area contributed by atoms with Gasteiger partial charge in [-0.1, -0.05) is 61.0 Å². The minimum Gasteiger partial charge on any atom is -0.496 e. The van der Waals surface area contributed by atoms with Gasteiger partial charge in [0.15, 0.2) is 0 Å². The Hall–Kier alpha value is -4.79. The number of hydrogen-bond acceptors (Lipinski definition) is 12. The first kappa shape index (κ1) is 44.3. The maximum atomic E-state index is 12.9. The third-order valence-electron chi connectivity index (χ3n) is 10.2. The zero-order valence-electron chi connectivity index (χ0n) is 33.9. The second kappa shape index (κ2) is 24.2. The molecule has 1 aliphatic rings. The van der Waals surface area contributed by atoms with E-state index in [0.29, 0.717) is 84.8 Å². The maximum Gasteiger partial charge on any atom is 0.294 e. The van der Waals surface area contributed by atoms with Crippen molar-refractivity contribution in [2.45, 2.75) is 69.9 Å². The number of Topliss-reactive ketones (excluding diaryl/α,β-unsaturated/α-hetero) is 1. The van der Waals surface area contributed by atoms with Gasteiger partial charge in [0.05, 0.1) is 72.7 Å². The Morgan fingerprint density at radius 1 is 0.793 bits per heavy atom. The molecule has 4 unspecified atom stereocenters. The standard InChI is InChI=1S/C45H58N2O11/c1-51-29-34(25-38(48)14-5-4-10-23-58-47(49)50)31-57-44-28-46-27-43(56-30-33-24-36-12-6-8-15-40(36)42(26-33)53-3)45(44)35-17-19-39(20-18-35)55-22-11-21-54-32-37-13-7-9-16-41(37)52-2/h6-9,12-13,15-20,24,26,34,43-46H,4-5,10-11,14,21-23,25,27-32H2,1-3H3. The topological polar surface area (TPSA) is 146 Å². The van der Waals surface area contributed by atoms with Gasteiger partial charge < -0.3 is 43.3 Å². The van der Waals surface area contributed by atoms with E-state index in [1.165, 1.54) is 0 Å². The van der Waals surface area contributed by atoms with Crippen molar-refractivity contribution in [2.75, 3.05) is 67.5 Å². The van der Waals surface area contributed by atoms with Crippen LogP contribution in [0.3, 0.4) is 0 Å². The van der Waals surface area contributed by atoms with Gasteiger partial charge in [0.25, 0.3) is 5.09 Å². The van der Waals surface area contributed by atoms with E-state index in [0.717, 1.165) is 51.1 Å². The Labute approximate surface area is 341 Å². The third-order valence-corrected chi connectivity index (χ3v) is 10.2. The van der Waals surface area contributed by atoms with Crippen molar-refractivity contribution < 1.29 is 47.9 Å². The van der Waals surface area contributed by atoms with Gasteiger partial charge in [-0.05, 0) is 59.7 Å². The Bertz CT molecular complexity index is 1840. The van der Waals surface area contributed by atoms with Gasteiger partial charge in [0.1, 0.15) is 23.0 Å². The summed E-state index contributed by atoms with van der Waals surface area (Å²) < 4.78 is 42.0. The molecule has 58 heavy (non-hydrogen) atoms. The van der Waals surface area contributed by atoms with E-state index in [1.807, 2.05) is 54.6 Å². The lowest BCUT2D eigenvalue weighted by Crippen LogP contribution is -2.51. The van der Waals surface area contributed by atoms with Crippen molar-refractivity contribution in [1.82, 2.24) is 5.32 Å².